The number of nitrogens with one attached hydrogen (secondary N) is 1. The molecule has 0 spiro atoms. The zero-order valence-electron chi connectivity index (χ0n) is 14.5. The zero-order valence-corrected chi connectivity index (χ0v) is 16.1. The molecule has 138 valence electrons. The van der Waals surface area contributed by atoms with E-state index >= 15 is 0 Å². The third-order valence-corrected chi connectivity index (χ3v) is 5.99. The molecular weight excluding hydrogens is 394 g/mol. The van der Waals surface area contributed by atoms with Gasteiger partial charge < -0.3 is 11.1 Å². The van der Waals surface area contributed by atoms with E-state index in [1.54, 1.807) is 18.2 Å². The fourth-order valence-corrected chi connectivity index (χ4v) is 4.44. The molecule has 4 rings (SSSR count). The first-order valence-corrected chi connectivity index (χ1v) is 9.83. The fourth-order valence-electron chi connectivity index (χ4n) is 3.53. The quantitative estimate of drug-likeness (QED) is 0.807. The van der Waals surface area contributed by atoms with E-state index in [2.05, 4.69) is 11.4 Å². The van der Waals surface area contributed by atoms with Crippen LogP contribution in [0.15, 0.2) is 64.7 Å². The number of nitriles is 1. The van der Waals surface area contributed by atoms with E-state index in [1.165, 1.54) is 0 Å². The van der Waals surface area contributed by atoms with Crippen molar-refractivity contribution in [2.45, 2.75) is 5.92 Å². The SMILES string of the molecule is N#CC1=C(SCC(N)=O)NC2=C(C(=O)c3ccccc32)[C@@H]1c1ccc(Cl)cc1. The summed E-state index contributed by atoms with van der Waals surface area (Å²) in [5.41, 5.74) is 9.04. The maximum absolute atomic E-state index is 13.2. The second-order valence-corrected chi connectivity index (χ2v) is 7.80. The van der Waals surface area contributed by atoms with Crippen LogP contribution in [-0.4, -0.2) is 17.4 Å². The van der Waals surface area contributed by atoms with E-state index in [1.807, 2.05) is 30.3 Å². The molecule has 0 fully saturated rings. The normalized spacial score (nSPS) is 17.7. The van der Waals surface area contributed by atoms with E-state index in [0.717, 1.165) is 22.9 Å². The van der Waals surface area contributed by atoms with Gasteiger partial charge in [-0.3, -0.25) is 9.59 Å². The maximum Gasteiger partial charge on any atom is 0.227 e. The molecule has 0 unspecified atom stereocenters. The predicted molar refractivity (Wildman–Crippen MR) is 109 cm³/mol. The standard InChI is InChI=1S/C21H14ClN3O2S/c22-12-7-5-11(6-8-12)17-15(9-23)21(28-10-16(24)26)25-19-13-3-1-2-4-14(13)20(27)18(17)19/h1-8,17,25H,10H2,(H2,24,26)/t17-/m1/s1. The van der Waals surface area contributed by atoms with Gasteiger partial charge in [0.1, 0.15) is 0 Å². The van der Waals surface area contributed by atoms with Gasteiger partial charge in [0.15, 0.2) is 5.78 Å². The van der Waals surface area contributed by atoms with Crippen LogP contribution in [0, 0.1) is 11.3 Å². The monoisotopic (exact) mass is 407 g/mol. The van der Waals surface area contributed by atoms with Crippen LogP contribution in [0.2, 0.25) is 5.02 Å². The van der Waals surface area contributed by atoms with Crippen molar-refractivity contribution in [3.8, 4) is 6.07 Å². The van der Waals surface area contributed by atoms with E-state index in [0.29, 0.717) is 32.5 Å². The number of rotatable bonds is 4. The summed E-state index contributed by atoms with van der Waals surface area (Å²) in [5.74, 6) is -1.11. The number of ketones is 1. The fraction of sp³-hybridized carbons (Fsp3) is 0.0952. The minimum atomic E-state index is -0.547. The summed E-state index contributed by atoms with van der Waals surface area (Å²) in [7, 11) is 0. The van der Waals surface area contributed by atoms with Crippen molar-refractivity contribution in [1.29, 1.82) is 5.26 Å². The predicted octanol–water partition coefficient (Wildman–Crippen LogP) is 3.59. The van der Waals surface area contributed by atoms with Crippen molar-refractivity contribution < 1.29 is 9.59 Å². The van der Waals surface area contributed by atoms with Crippen molar-refractivity contribution in [3.05, 3.63) is 86.4 Å². The Balaban J connectivity index is 1.90. The molecule has 1 amide bonds. The lowest BCUT2D eigenvalue weighted by Gasteiger charge is -2.28. The summed E-state index contributed by atoms with van der Waals surface area (Å²) >= 11 is 7.19. The number of nitrogens with zero attached hydrogens (tertiary/aromatic N) is 1. The topological polar surface area (TPSA) is 96.0 Å². The van der Waals surface area contributed by atoms with Crippen LogP contribution in [0.3, 0.4) is 0 Å². The average Bonchev–Trinajstić information content (AvgIpc) is 2.98. The maximum atomic E-state index is 13.2. The van der Waals surface area contributed by atoms with E-state index in [4.69, 9.17) is 17.3 Å². The number of benzene rings is 2. The highest BCUT2D eigenvalue weighted by Crippen LogP contribution is 2.47. The van der Waals surface area contributed by atoms with E-state index < -0.39 is 11.8 Å². The van der Waals surface area contributed by atoms with E-state index in [-0.39, 0.29) is 11.5 Å². The van der Waals surface area contributed by atoms with Crippen molar-refractivity contribution in [2.75, 3.05) is 5.75 Å². The lowest BCUT2D eigenvalue weighted by molar-refractivity contribution is -0.115. The lowest BCUT2D eigenvalue weighted by atomic mass is 9.82. The number of fused-ring (bicyclic) bond motifs is 2. The van der Waals surface area contributed by atoms with Gasteiger partial charge in [-0.1, -0.05) is 59.8 Å². The highest BCUT2D eigenvalue weighted by Gasteiger charge is 2.41. The molecule has 0 saturated carbocycles. The van der Waals surface area contributed by atoms with Gasteiger partial charge in [-0.25, -0.2) is 0 Å². The van der Waals surface area contributed by atoms with Crippen molar-refractivity contribution in [3.63, 3.8) is 0 Å². The van der Waals surface area contributed by atoms with Gasteiger partial charge in [0, 0.05) is 21.7 Å². The Morgan fingerprint density at radius 1 is 1.18 bits per heavy atom. The molecule has 5 nitrogen and oxygen atoms in total. The summed E-state index contributed by atoms with van der Waals surface area (Å²) in [6, 6.07) is 16.6. The van der Waals surface area contributed by atoms with Gasteiger partial charge in [0.05, 0.1) is 34.0 Å². The number of halogens is 1. The van der Waals surface area contributed by atoms with Gasteiger partial charge in [0.2, 0.25) is 5.91 Å². The molecule has 1 aliphatic heterocycles. The number of amides is 1. The zero-order chi connectivity index (χ0) is 19.8. The van der Waals surface area contributed by atoms with Crippen LogP contribution >= 0.6 is 23.4 Å². The minimum Gasteiger partial charge on any atom is -0.369 e. The summed E-state index contributed by atoms with van der Waals surface area (Å²) in [4.78, 5) is 24.5. The van der Waals surface area contributed by atoms with Crippen LogP contribution in [-0.2, 0) is 4.79 Å². The number of hydrogen-bond acceptors (Lipinski definition) is 5. The third-order valence-electron chi connectivity index (χ3n) is 4.70. The Morgan fingerprint density at radius 2 is 1.86 bits per heavy atom. The number of Topliss-reactive ketones (excluding diaryl/α,β-unsaturated/α-hetero) is 1. The Labute approximate surface area is 170 Å². The number of nitrogens with two attached hydrogens (primary N) is 1. The van der Waals surface area contributed by atoms with Crippen molar-refractivity contribution in [1.82, 2.24) is 5.32 Å². The summed E-state index contributed by atoms with van der Waals surface area (Å²) in [6.45, 7) is 0. The molecule has 2 aliphatic rings. The molecule has 0 radical (unpaired) electrons. The molecule has 28 heavy (non-hydrogen) atoms. The number of thioether (sulfide) groups is 1. The molecule has 3 N–H and O–H groups in total. The second kappa shape index (κ2) is 7.19. The van der Waals surface area contributed by atoms with Gasteiger partial charge in [-0.15, -0.1) is 0 Å². The molecule has 2 aromatic carbocycles. The third kappa shape index (κ3) is 2.99. The molecule has 0 bridgehead atoms. The van der Waals surface area contributed by atoms with Crippen molar-refractivity contribution in [2.24, 2.45) is 5.73 Å². The Hall–Kier alpha value is -3.01. The molecule has 0 saturated heterocycles. The largest absolute Gasteiger partial charge is 0.369 e. The Morgan fingerprint density at radius 3 is 2.50 bits per heavy atom. The average molecular weight is 408 g/mol. The van der Waals surface area contributed by atoms with Crippen LogP contribution in [0.1, 0.15) is 27.4 Å². The number of hydrogen-bond donors (Lipinski definition) is 2. The van der Waals surface area contributed by atoms with Crippen molar-refractivity contribution >= 4 is 40.8 Å². The van der Waals surface area contributed by atoms with Crippen LogP contribution in [0.5, 0.6) is 0 Å². The first-order chi connectivity index (χ1) is 13.5. The highest BCUT2D eigenvalue weighted by molar-refractivity contribution is 8.03. The van der Waals surface area contributed by atoms with Crippen LogP contribution in [0.25, 0.3) is 5.70 Å². The summed E-state index contributed by atoms with van der Waals surface area (Å²) in [6.07, 6.45) is 0. The molecular formula is C21H14ClN3O2S. The van der Waals surface area contributed by atoms with Gasteiger partial charge in [-0.2, -0.15) is 5.26 Å². The molecule has 0 aromatic heterocycles. The minimum absolute atomic E-state index is 0.0268. The van der Waals surface area contributed by atoms with E-state index in [9.17, 15) is 14.9 Å². The lowest BCUT2D eigenvalue weighted by Crippen LogP contribution is -2.25. The Kier molecular flexibility index (Phi) is 4.71. The number of dihydropyridines is 1. The van der Waals surface area contributed by atoms with Gasteiger partial charge in [-0.05, 0) is 17.7 Å². The Bertz CT molecular complexity index is 1110. The second-order valence-electron chi connectivity index (χ2n) is 6.38. The molecule has 7 heteroatoms. The number of allylic oxidation sites excluding steroid dienone is 2. The molecule has 1 aliphatic carbocycles. The van der Waals surface area contributed by atoms with Gasteiger partial charge in [0.25, 0.3) is 0 Å². The number of carbonyl (C=O) groups is 2. The number of primary amides is 1. The van der Waals surface area contributed by atoms with Crippen LogP contribution in [0.4, 0.5) is 0 Å². The smallest absolute Gasteiger partial charge is 0.227 e. The first-order valence-electron chi connectivity index (χ1n) is 8.47. The highest BCUT2D eigenvalue weighted by atomic mass is 35.5. The van der Waals surface area contributed by atoms with Gasteiger partial charge >= 0.3 is 0 Å². The summed E-state index contributed by atoms with van der Waals surface area (Å²) in [5, 5.41) is 14.2. The molecule has 2 aromatic rings. The van der Waals surface area contributed by atoms with Crippen LogP contribution < -0.4 is 11.1 Å². The first kappa shape index (κ1) is 18.4. The summed E-state index contributed by atoms with van der Waals surface area (Å²) < 4.78 is 0. The number of carbonyl (C=O) groups excluding carboxylic acids is 2. The molecule has 1 atom stereocenters. The molecule has 1 heterocycles.